The van der Waals surface area contributed by atoms with Gasteiger partial charge in [-0.15, -0.1) is 0 Å². The molecule has 0 spiro atoms. The Morgan fingerprint density at radius 3 is 2.27 bits per heavy atom. The first-order chi connectivity index (χ1) is 10.7. The molecule has 0 amide bonds. The summed E-state index contributed by atoms with van der Waals surface area (Å²) >= 11 is 0. The molecule has 0 saturated heterocycles. The Morgan fingerprint density at radius 2 is 1.64 bits per heavy atom. The van der Waals surface area contributed by atoms with Crippen LogP contribution in [0.4, 0.5) is 0 Å². The molecule has 0 aliphatic heterocycles. The van der Waals surface area contributed by atoms with Gasteiger partial charge in [0, 0.05) is 0 Å². The van der Waals surface area contributed by atoms with Crippen molar-refractivity contribution in [3.63, 3.8) is 0 Å². The van der Waals surface area contributed by atoms with Crippen LogP contribution in [0.25, 0.3) is 0 Å². The van der Waals surface area contributed by atoms with Gasteiger partial charge in [-0.1, -0.05) is 30.3 Å². The SMILES string of the molecule is COc1ccc(OCCC(=O)OC(C)c2ccccc2)cc1. The molecular formula is C18H20O4. The molecule has 0 radical (unpaired) electrons. The summed E-state index contributed by atoms with van der Waals surface area (Å²) in [4.78, 5) is 11.8. The van der Waals surface area contributed by atoms with Crippen LogP contribution < -0.4 is 9.47 Å². The van der Waals surface area contributed by atoms with E-state index >= 15 is 0 Å². The van der Waals surface area contributed by atoms with E-state index in [1.165, 1.54) is 0 Å². The summed E-state index contributed by atoms with van der Waals surface area (Å²) in [5.74, 6) is 1.19. The minimum Gasteiger partial charge on any atom is -0.497 e. The van der Waals surface area contributed by atoms with Crippen molar-refractivity contribution in [1.29, 1.82) is 0 Å². The van der Waals surface area contributed by atoms with Crippen molar-refractivity contribution in [2.24, 2.45) is 0 Å². The second-order valence-electron chi connectivity index (χ2n) is 4.82. The van der Waals surface area contributed by atoms with Crippen molar-refractivity contribution in [1.82, 2.24) is 0 Å². The second kappa shape index (κ2) is 8.08. The van der Waals surface area contributed by atoms with Crippen molar-refractivity contribution < 1.29 is 19.0 Å². The summed E-state index contributed by atoms with van der Waals surface area (Å²) in [5, 5.41) is 0. The molecule has 1 atom stereocenters. The first-order valence-electron chi connectivity index (χ1n) is 7.20. The molecule has 0 aliphatic carbocycles. The number of carbonyl (C=O) groups excluding carboxylic acids is 1. The number of carbonyl (C=O) groups is 1. The fourth-order valence-electron chi connectivity index (χ4n) is 1.97. The van der Waals surface area contributed by atoms with Crippen LogP contribution in [-0.4, -0.2) is 19.7 Å². The van der Waals surface area contributed by atoms with E-state index in [0.29, 0.717) is 5.75 Å². The minimum atomic E-state index is -0.273. The van der Waals surface area contributed by atoms with Gasteiger partial charge >= 0.3 is 5.97 Å². The number of rotatable bonds is 7. The molecular weight excluding hydrogens is 280 g/mol. The second-order valence-corrected chi connectivity index (χ2v) is 4.82. The number of ether oxygens (including phenoxy) is 3. The lowest BCUT2D eigenvalue weighted by atomic mass is 10.1. The van der Waals surface area contributed by atoms with Gasteiger partial charge in [0.15, 0.2) is 0 Å². The summed E-state index contributed by atoms with van der Waals surface area (Å²) in [6.07, 6.45) is -0.0434. The van der Waals surface area contributed by atoms with Crippen LogP contribution in [0.1, 0.15) is 25.0 Å². The molecule has 0 bridgehead atoms. The zero-order chi connectivity index (χ0) is 15.8. The summed E-state index contributed by atoms with van der Waals surface area (Å²) in [5.41, 5.74) is 0.979. The quantitative estimate of drug-likeness (QED) is 0.730. The molecule has 0 saturated carbocycles. The Balaban J connectivity index is 1.73. The fraction of sp³-hybridized carbons (Fsp3) is 0.278. The monoisotopic (exact) mass is 300 g/mol. The van der Waals surface area contributed by atoms with Crippen molar-refractivity contribution in [3.05, 3.63) is 60.2 Å². The number of hydrogen-bond acceptors (Lipinski definition) is 4. The Morgan fingerprint density at radius 1 is 1.00 bits per heavy atom. The summed E-state index contributed by atoms with van der Waals surface area (Å²) in [6, 6.07) is 16.9. The van der Waals surface area contributed by atoms with Gasteiger partial charge in [-0.2, -0.15) is 0 Å². The van der Waals surface area contributed by atoms with Crippen LogP contribution in [0.15, 0.2) is 54.6 Å². The molecule has 1 unspecified atom stereocenters. The zero-order valence-corrected chi connectivity index (χ0v) is 12.8. The maximum absolute atomic E-state index is 11.8. The van der Waals surface area contributed by atoms with E-state index < -0.39 is 0 Å². The third-order valence-electron chi connectivity index (χ3n) is 3.21. The predicted octanol–water partition coefficient (Wildman–Crippen LogP) is 3.77. The molecule has 2 aromatic rings. The zero-order valence-electron chi connectivity index (χ0n) is 12.8. The van der Waals surface area contributed by atoms with Crippen LogP contribution in [0.3, 0.4) is 0 Å². The molecule has 116 valence electrons. The standard InChI is InChI=1S/C18H20O4/c1-14(15-6-4-3-5-7-15)22-18(19)12-13-21-17-10-8-16(20-2)9-11-17/h3-11,14H,12-13H2,1-2H3. The third-order valence-corrected chi connectivity index (χ3v) is 3.21. The van der Waals surface area contributed by atoms with Crippen LogP contribution in [0.5, 0.6) is 11.5 Å². The first-order valence-corrected chi connectivity index (χ1v) is 7.20. The maximum Gasteiger partial charge on any atom is 0.309 e. The van der Waals surface area contributed by atoms with Gasteiger partial charge in [-0.25, -0.2) is 0 Å². The van der Waals surface area contributed by atoms with Crippen LogP contribution in [0.2, 0.25) is 0 Å². The van der Waals surface area contributed by atoms with Crippen molar-refractivity contribution >= 4 is 5.97 Å². The van der Waals surface area contributed by atoms with E-state index in [-0.39, 0.29) is 25.1 Å². The number of benzene rings is 2. The molecule has 2 rings (SSSR count). The molecule has 4 nitrogen and oxygen atoms in total. The molecule has 22 heavy (non-hydrogen) atoms. The maximum atomic E-state index is 11.8. The average molecular weight is 300 g/mol. The van der Waals surface area contributed by atoms with Gasteiger partial charge < -0.3 is 14.2 Å². The van der Waals surface area contributed by atoms with E-state index in [9.17, 15) is 4.79 Å². The van der Waals surface area contributed by atoms with Gasteiger partial charge in [0.25, 0.3) is 0 Å². The first kappa shape index (κ1) is 15.9. The van der Waals surface area contributed by atoms with Crippen LogP contribution in [0, 0.1) is 0 Å². The van der Waals surface area contributed by atoms with E-state index in [1.54, 1.807) is 19.2 Å². The molecule has 2 aromatic carbocycles. The van der Waals surface area contributed by atoms with E-state index in [4.69, 9.17) is 14.2 Å². The highest BCUT2D eigenvalue weighted by atomic mass is 16.5. The number of esters is 1. The molecule has 0 N–H and O–H groups in total. The highest BCUT2D eigenvalue weighted by molar-refractivity contribution is 5.69. The normalized spacial score (nSPS) is 11.5. The topological polar surface area (TPSA) is 44.8 Å². The largest absolute Gasteiger partial charge is 0.497 e. The van der Waals surface area contributed by atoms with Gasteiger partial charge in [0.1, 0.15) is 17.6 Å². The minimum absolute atomic E-state index is 0.212. The Bertz CT molecular complexity index is 578. The van der Waals surface area contributed by atoms with Crippen molar-refractivity contribution in [3.8, 4) is 11.5 Å². The summed E-state index contributed by atoms with van der Waals surface area (Å²) < 4.78 is 15.9. The van der Waals surface area contributed by atoms with Gasteiger partial charge in [0.05, 0.1) is 20.1 Å². The Hall–Kier alpha value is -2.49. The smallest absolute Gasteiger partial charge is 0.309 e. The molecule has 0 aromatic heterocycles. The van der Waals surface area contributed by atoms with E-state index in [1.807, 2.05) is 49.4 Å². The number of hydrogen-bond donors (Lipinski definition) is 0. The third kappa shape index (κ3) is 4.81. The van der Waals surface area contributed by atoms with E-state index in [2.05, 4.69) is 0 Å². The lowest BCUT2D eigenvalue weighted by Gasteiger charge is -2.13. The summed E-state index contributed by atoms with van der Waals surface area (Å²) in [6.45, 7) is 2.14. The Labute approximate surface area is 130 Å². The van der Waals surface area contributed by atoms with Gasteiger partial charge in [-0.05, 0) is 36.8 Å². The fourth-order valence-corrected chi connectivity index (χ4v) is 1.97. The molecule has 4 heteroatoms. The Kier molecular flexibility index (Phi) is 5.83. The molecule has 0 aliphatic rings. The van der Waals surface area contributed by atoms with Crippen molar-refractivity contribution in [2.75, 3.05) is 13.7 Å². The lowest BCUT2D eigenvalue weighted by Crippen LogP contribution is -2.12. The van der Waals surface area contributed by atoms with Gasteiger partial charge in [0.2, 0.25) is 0 Å². The highest BCUT2D eigenvalue weighted by Gasteiger charge is 2.11. The van der Waals surface area contributed by atoms with Gasteiger partial charge in [-0.3, -0.25) is 4.79 Å². The molecule has 0 fully saturated rings. The predicted molar refractivity (Wildman–Crippen MR) is 84.1 cm³/mol. The summed E-state index contributed by atoms with van der Waals surface area (Å²) in [7, 11) is 1.61. The van der Waals surface area contributed by atoms with E-state index in [0.717, 1.165) is 11.3 Å². The van der Waals surface area contributed by atoms with Crippen LogP contribution in [-0.2, 0) is 9.53 Å². The highest BCUT2D eigenvalue weighted by Crippen LogP contribution is 2.18. The molecule has 0 heterocycles. The average Bonchev–Trinajstić information content (AvgIpc) is 2.56. The lowest BCUT2D eigenvalue weighted by molar-refractivity contribution is -0.149. The number of methoxy groups -OCH3 is 1. The van der Waals surface area contributed by atoms with Crippen LogP contribution >= 0.6 is 0 Å². The van der Waals surface area contributed by atoms with Crippen molar-refractivity contribution in [2.45, 2.75) is 19.4 Å².